The smallest absolute Gasteiger partial charge is 0.227 e. The van der Waals surface area contributed by atoms with Gasteiger partial charge in [0.05, 0.1) is 6.54 Å². The van der Waals surface area contributed by atoms with E-state index < -0.39 is 0 Å². The lowest BCUT2D eigenvalue weighted by atomic mass is 10.1. The van der Waals surface area contributed by atoms with Crippen LogP contribution in [0.25, 0.3) is 0 Å². The molecule has 7 heteroatoms. The van der Waals surface area contributed by atoms with E-state index in [2.05, 4.69) is 37.4 Å². The Bertz CT molecular complexity index is 620. The number of aromatic nitrogens is 4. The number of anilines is 2. The van der Waals surface area contributed by atoms with E-state index in [-0.39, 0.29) is 0 Å². The molecule has 1 saturated heterocycles. The Morgan fingerprint density at radius 2 is 2.00 bits per heavy atom. The van der Waals surface area contributed by atoms with Crippen LogP contribution in [0.3, 0.4) is 0 Å². The summed E-state index contributed by atoms with van der Waals surface area (Å²) in [5.41, 5.74) is 2.65. The zero-order valence-electron chi connectivity index (χ0n) is 13.2. The van der Waals surface area contributed by atoms with Gasteiger partial charge in [-0.3, -0.25) is 0 Å². The minimum atomic E-state index is 0.551. The van der Waals surface area contributed by atoms with Crippen molar-refractivity contribution in [3.63, 3.8) is 0 Å². The molecule has 0 amide bonds. The van der Waals surface area contributed by atoms with Crippen molar-refractivity contribution in [1.29, 1.82) is 0 Å². The number of aryl methyl sites for hydroxylation is 2. The number of nitrogens with zero attached hydrogens (tertiary/aromatic N) is 5. The monoisotopic (exact) mass is 302 g/mol. The van der Waals surface area contributed by atoms with Crippen molar-refractivity contribution < 1.29 is 4.63 Å². The third-order valence-electron chi connectivity index (χ3n) is 3.95. The molecule has 1 fully saturated rings. The second-order valence-electron chi connectivity index (χ2n) is 5.60. The Morgan fingerprint density at radius 1 is 1.18 bits per heavy atom. The van der Waals surface area contributed by atoms with E-state index in [0.717, 1.165) is 48.4 Å². The van der Waals surface area contributed by atoms with E-state index in [1.165, 1.54) is 19.3 Å². The summed E-state index contributed by atoms with van der Waals surface area (Å²) in [4.78, 5) is 11.6. The molecule has 0 aliphatic carbocycles. The third kappa shape index (κ3) is 3.35. The molecule has 2 aromatic heterocycles. The molecule has 22 heavy (non-hydrogen) atoms. The van der Waals surface area contributed by atoms with Gasteiger partial charge in [0.2, 0.25) is 5.95 Å². The maximum absolute atomic E-state index is 4.72. The molecular formula is C15H22N6O. The lowest BCUT2D eigenvalue weighted by molar-refractivity contribution is 0.301. The lowest BCUT2D eigenvalue weighted by Gasteiger charge is -2.27. The van der Waals surface area contributed by atoms with Crippen molar-refractivity contribution in [2.75, 3.05) is 23.3 Å². The van der Waals surface area contributed by atoms with Gasteiger partial charge in [-0.05, 0) is 32.6 Å². The normalized spacial score (nSPS) is 15.1. The van der Waals surface area contributed by atoms with Gasteiger partial charge < -0.3 is 10.2 Å². The molecule has 0 spiro atoms. The SMILES string of the molecule is CCc1cc(NCc2nonc2C)nc(N2CCCCC2)n1. The standard InChI is InChI=1S/C15H22N6O/c1-3-12-9-14(16-10-13-11(2)19-22-20-13)18-15(17-12)21-7-5-4-6-8-21/h9H,3-8,10H2,1-2H3,(H,16,17,18). The van der Waals surface area contributed by atoms with E-state index >= 15 is 0 Å². The summed E-state index contributed by atoms with van der Waals surface area (Å²) < 4.78 is 4.72. The van der Waals surface area contributed by atoms with Crippen LogP contribution in [0.2, 0.25) is 0 Å². The van der Waals surface area contributed by atoms with Gasteiger partial charge in [0.15, 0.2) is 0 Å². The first-order valence-electron chi connectivity index (χ1n) is 7.91. The first-order chi connectivity index (χ1) is 10.8. The maximum atomic E-state index is 4.72. The van der Waals surface area contributed by atoms with Gasteiger partial charge in [0.25, 0.3) is 0 Å². The van der Waals surface area contributed by atoms with Crippen LogP contribution >= 0.6 is 0 Å². The number of hydrogen-bond acceptors (Lipinski definition) is 7. The second-order valence-corrected chi connectivity index (χ2v) is 5.60. The molecule has 0 saturated carbocycles. The predicted octanol–water partition coefficient (Wildman–Crippen LogP) is 2.33. The summed E-state index contributed by atoms with van der Waals surface area (Å²) in [7, 11) is 0. The fourth-order valence-corrected chi connectivity index (χ4v) is 2.57. The summed E-state index contributed by atoms with van der Waals surface area (Å²) in [6, 6.07) is 2.00. The van der Waals surface area contributed by atoms with Crippen LogP contribution in [0.5, 0.6) is 0 Å². The van der Waals surface area contributed by atoms with E-state index in [1.54, 1.807) is 0 Å². The van der Waals surface area contributed by atoms with Gasteiger partial charge in [-0.25, -0.2) is 9.61 Å². The van der Waals surface area contributed by atoms with Crippen molar-refractivity contribution >= 4 is 11.8 Å². The van der Waals surface area contributed by atoms with Crippen LogP contribution in [0.1, 0.15) is 43.3 Å². The topological polar surface area (TPSA) is 80.0 Å². The van der Waals surface area contributed by atoms with Gasteiger partial charge in [-0.2, -0.15) is 4.98 Å². The summed E-state index contributed by atoms with van der Waals surface area (Å²) >= 11 is 0. The van der Waals surface area contributed by atoms with E-state index in [9.17, 15) is 0 Å². The van der Waals surface area contributed by atoms with Gasteiger partial charge in [0.1, 0.15) is 17.2 Å². The van der Waals surface area contributed by atoms with Gasteiger partial charge in [-0.15, -0.1) is 0 Å². The quantitative estimate of drug-likeness (QED) is 0.907. The first kappa shape index (κ1) is 14.7. The van der Waals surface area contributed by atoms with Crippen molar-refractivity contribution in [3.05, 3.63) is 23.1 Å². The molecule has 0 bridgehead atoms. The predicted molar refractivity (Wildman–Crippen MR) is 83.8 cm³/mol. The minimum absolute atomic E-state index is 0.551. The highest BCUT2D eigenvalue weighted by Crippen LogP contribution is 2.19. The van der Waals surface area contributed by atoms with E-state index in [0.29, 0.717) is 6.54 Å². The molecule has 118 valence electrons. The summed E-state index contributed by atoms with van der Waals surface area (Å²) in [6.45, 7) is 6.62. The average molecular weight is 302 g/mol. The molecule has 0 radical (unpaired) electrons. The zero-order valence-corrected chi connectivity index (χ0v) is 13.2. The van der Waals surface area contributed by atoms with Gasteiger partial charge >= 0.3 is 0 Å². The lowest BCUT2D eigenvalue weighted by Crippen LogP contribution is -2.31. The van der Waals surface area contributed by atoms with E-state index in [1.807, 2.05) is 13.0 Å². The maximum Gasteiger partial charge on any atom is 0.227 e. The Morgan fingerprint density at radius 3 is 2.68 bits per heavy atom. The summed E-state index contributed by atoms with van der Waals surface area (Å²) in [5, 5.41) is 11.0. The Hall–Kier alpha value is -2.18. The van der Waals surface area contributed by atoms with Gasteiger partial charge in [-0.1, -0.05) is 17.2 Å². The van der Waals surface area contributed by atoms with Crippen LogP contribution in [0.15, 0.2) is 10.7 Å². The highest BCUT2D eigenvalue weighted by atomic mass is 16.6. The van der Waals surface area contributed by atoms with Crippen molar-refractivity contribution in [2.24, 2.45) is 0 Å². The minimum Gasteiger partial charge on any atom is -0.364 e. The molecule has 7 nitrogen and oxygen atoms in total. The molecular weight excluding hydrogens is 280 g/mol. The third-order valence-corrected chi connectivity index (χ3v) is 3.95. The summed E-state index contributed by atoms with van der Waals surface area (Å²) in [6.07, 6.45) is 4.62. The van der Waals surface area contributed by atoms with Crippen LogP contribution < -0.4 is 10.2 Å². The van der Waals surface area contributed by atoms with Crippen LogP contribution in [0.4, 0.5) is 11.8 Å². The number of piperidine rings is 1. The average Bonchev–Trinajstić information content (AvgIpc) is 2.98. The Labute approximate surface area is 130 Å². The Kier molecular flexibility index (Phi) is 4.50. The summed E-state index contributed by atoms with van der Waals surface area (Å²) in [5.74, 6) is 1.66. The molecule has 0 atom stereocenters. The number of rotatable bonds is 5. The van der Waals surface area contributed by atoms with Crippen molar-refractivity contribution in [2.45, 2.75) is 46.1 Å². The molecule has 1 N–H and O–H groups in total. The fourth-order valence-electron chi connectivity index (χ4n) is 2.57. The Balaban J connectivity index is 1.76. The van der Waals surface area contributed by atoms with E-state index in [4.69, 9.17) is 4.63 Å². The fraction of sp³-hybridized carbons (Fsp3) is 0.600. The molecule has 3 rings (SSSR count). The molecule has 1 aliphatic heterocycles. The van der Waals surface area contributed by atoms with Crippen molar-refractivity contribution in [3.8, 4) is 0 Å². The second kappa shape index (κ2) is 6.72. The van der Waals surface area contributed by atoms with Crippen molar-refractivity contribution in [1.82, 2.24) is 20.3 Å². The van der Waals surface area contributed by atoms with Crippen LogP contribution in [0, 0.1) is 6.92 Å². The molecule has 3 heterocycles. The highest BCUT2D eigenvalue weighted by molar-refractivity contribution is 5.44. The highest BCUT2D eigenvalue weighted by Gasteiger charge is 2.15. The largest absolute Gasteiger partial charge is 0.364 e. The molecule has 2 aromatic rings. The first-order valence-corrected chi connectivity index (χ1v) is 7.91. The van der Waals surface area contributed by atoms with Gasteiger partial charge in [0, 0.05) is 24.8 Å². The molecule has 0 unspecified atom stereocenters. The van der Waals surface area contributed by atoms with Crippen LogP contribution in [-0.2, 0) is 13.0 Å². The van der Waals surface area contributed by atoms with Crippen LogP contribution in [-0.4, -0.2) is 33.4 Å². The number of hydrogen-bond donors (Lipinski definition) is 1. The zero-order chi connectivity index (χ0) is 15.4. The number of nitrogens with one attached hydrogen (secondary N) is 1. The molecule has 0 aromatic carbocycles. The molecule has 1 aliphatic rings.